The largest absolute Gasteiger partial charge is 0.381 e. The molecule has 0 aliphatic carbocycles. The van der Waals surface area contributed by atoms with E-state index >= 15 is 0 Å². The first-order valence-electron chi connectivity index (χ1n) is 6.23. The summed E-state index contributed by atoms with van der Waals surface area (Å²) in [5, 5.41) is 15.9. The fourth-order valence-corrected chi connectivity index (χ4v) is 2.56. The molecular formula is C14H16N2O2S. The molecule has 0 aliphatic rings. The first-order valence-corrected chi connectivity index (χ1v) is 7.11. The predicted octanol–water partition coefficient (Wildman–Crippen LogP) is 4.22. The Hall–Kier alpha value is -1.88. The van der Waals surface area contributed by atoms with E-state index < -0.39 is 0 Å². The van der Waals surface area contributed by atoms with E-state index in [2.05, 4.69) is 24.4 Å². The van der Waals surface area contributed by atoms with E-state index in [0.717, 1.165) is 35.4 Å². The van der Waals surface area contributed by atoms with Crippen LogP contribution in [0.15, 0.2) is 35.7 Å². The van der Waals surface area contributed by atoms with Crippen LogP contribution in [0.5, 0.6) is 0 Å². The lowest BCUT2D eigenvalue weighted by molar-refractivity contribution is -0.380. The van der Waals surface area contributed by atoms with Crippen LogP contribution in [0.2, 0.25) is 0 Å². The molecule has 0 radical (unpaired) electrons. The van der Waals surface area contributed by atoms with E-state index in [1.165, 1.54) is 5.56 Å². The second kappa shape index (κ2) is 6.33. The molecule has 0 saturated carbocycles. The van der Waals surface area contributed by atoms with Crippen molar-refractivity contribution in [2.75, 3.05) is 5.32 Å². The summed E-state index contributed by atoms with van der Waals surface area (Å²) >= 11 is 1.16. The maximum atomic E-state index is 10.6. The number of nitrogens with one attached hydrogen (secondary N) is 1. The van der Waals surface area contributed by atoms with Gasteiger partial charge in [-0.25, -0.2) is 0 Å². The topological polar surface area (TPSA) is 55.2 Å². The summed E-state index contributed by atoms with van der Waals surface area (Å²) in [6, 6.07) is 9.93. The summed E-state index contributed by atoms with van der Waals surface area (Å²) in [7, 11) is 0. The zero-order valence-corrected chi connectivity index (χ0v) is 11.6. The van der Waals surface area contributed by atoms with Crippen molar-refractivity contribution >= 4 is 22.0 Å². The Morgan fingerprint density at radius 3 is 2.58 bits per heavy atom. The number of anilines is 1. The molecule has 1 aromatic heterocycles. The number of hydrogen-bond acceptors (Lipinski definition) is 4. The highest BCUT2D eigenvalue weighted by atomic mass is 32.1. The van der Waals surface area contributed by atoms with Crippen molar-refractivity contribution in [2.24, 2.45) is 0 Å². The highest BCUT2D eigenvalue weighted by Gasteiger charge is 2.08. The number of benzene rings is 1. The molecule has 0 aliphatic heterocycles. The predicted molar refractivity (Wildman–Crippen MR) is 78.7 cm³/mol. The van der Waals surface area contributed by atoms with Crippen molar-refractivity contribution in [3.63, 3.8) is 0 Å². The third kappa shape index (κ3) is 3.79. The Labute approximate surface area is 116 Å². The molecule has 0 atom stereocenters. The van der Waals surface area contributed by atoms with E-state index in [-0.39, 0.29) is 9.92 Å². The maximum absolute atomic E-state index is 10.6. The van der Waals surface area contributed by atoms with Crippen LogP contribution in [-0.2, 0) is 13.0 Å². The molecule has 19 heavy (non-hydrogen) atoms. The van der Waals surface area contributed by atoms with Gasteiger partial charge in [0.05, 0.1) is 4.92 Å². The molecular weight excluding hydrogens is 260 g/mol. The van der Waals surface area contributed by atoms with Gasteiger partial charge in [-0.05, 0) is 29.7 Å². The van der Waals surface area contributed by atoms with Crippen LogP contribution in [0.3, 0.4) is 0 Å². The zero-order valence-electron chi connectivity index (χ0n) is 10.8. The summed E-state index contributed by atoms with van der Waals surface area (Å²) in [5.41, 5.74) is 3.31. The van der Waals surface area contributed by atoms with Gasteiger partial charge in [-0.15, -0.1) is 0 Å². The van der Waals surface area contributed by atoms with Crippen molar-refractivity contribution < 1.29 is 4.92 Å². The highest BCUT2D eigenvalue weighted by Crippen LogP contribution is 2.23. The van der Waals surface area contributed by atoms with Gasteiger partial charge in [-0.2, -0.15) is 0 Å². The van der Waals surface area contributed by atoms with Gasteiger partial charge >= 0.3 is 5.00 Å². The summed E-state index contributed by atoms with van der Waals surface area (Å²) in [5.74, 6) is 0. The van der Waals surface area contributed by atoms with Crippen molar-refractivity contribution in [1.82, 2.24) is 0 Å². The van der Waals surface area contributed by atoms with Gasteiger partial charge < -0.3 is 5.32 Å². The van der Waals surface area contributed by atoms with E-state index in [1.54, 1.807) is 6.07 Å². The van der Waals surface area contributed by atoms with E-state index in [1.807, 2.05) is 17.5 Å². The highest BCUT2D eigenvalue weighted by molar-refractivity contribution is 7.13. The molecule has 100 valence electrons. The molecule has 0 spiro atoms. The molecule has 2 rings (SSSR count). The van der Waals surface area contributed by atoms with Crippen LogP contribution in [0.25, 0.3) is 0 Å². The summed E-state index contributed by atoms with van der Waals surface area (Å²) < 4.78 is 0. The van der Waals surface area contributed by atoms with Crippen molar-refractivity contribution in [2.45, 2.75) is 26.3 Å². The lowest BCUT2D eigenvalue weighted by Crippen LogP contribution is -1.98. The smallest absolute Gasteiger partial charge is 0.324 e. The van der Waals surface area contributed by atoms with Gasteiger partial charge in [-0.3, -0.25) is 10.1 Å². The molecule has 1 heterocycles. The molecule has 0 amide bonds. The molecule has 0 bridgehead atoms. The van der Waals surface area contributed by atoms with Crippen LogP contribution in [0.4, 0.5) is 10.7 Å². The monoisotopic (exact) mass is 276 g/mol. The fraction of sp³-hybridized carbons (Fsp3) is 0.286. The Bertz CT molecular complexity index is 549. The molecule has 5 heteroatoms. The Morgan fingerprint density at radius 2 is 2.00 bits per heavy atom. The lowest BCUT2D eigenvalue weighted by Gasteiger charge is -2.06. The van der Waals surface area contributed by atoms with Gasteiger partial charge in [0.25, 0.3) is 0 Å². The van der Waals surface area contributed by atoms with Gasteiger partial charge in [0.2, 0.25) is 0 Å². The van der Waals surface area contributed by atoms with E-state index in [4.69, 9.17) is 0 Å². The van der Waals surface area contributed by atoms with Gasteiger partial charge in [0.15, 0.2) is 0 Å². The molecule has 4 nitrogen and oxygen atoms in total. The third-order valence-corrected chi connectivity index (χ3v) is 3.74. The summed E-state index contributed by atoms with van der Waals surface area (Å²) in [6.45, 7) is 2.77. The van der Waals surface area contributed by atoms with Gasteiger partial charge in [0.1, 0.15) is 0 Å². The number of aryl methyl sites for hydroxylation is 1. The Morgan fingerprint density at radius 1 is 1.26 bits per heavy atom. The van der Waals surface area contributed by atoms with Crippen LogP contribution in [0, 0.1) is 10.1 Å². The number of nitrogens with zero attached hydrogens (tertiary/aromatic N) is 1. The zero-order chi connectivity index (χ0) is 13.7. The minimum absolute atomic E-state index is 0.190. The van der Waals surface area contributed by atoms with Crippen LogP contribution in [0.1, 0.15) is 24.5 Å². The molecule has 0 unspecified atom stereocenters. The van der Waals surface area contributed by atoms with Crippen LogP contribution < -0.4 is 5.32 Å². The standard InChI is InChI=1S/C14H16N2O2S/c1-2-3-11-4-6-13(7-5-11)15-9-12-8-14(16(17)18)19-10-12/h4-8,10,15H,2-3,9H2,1H3. The van der Waals surface area contributed by atoms with Crippen LogP contribution in [-0.4, -0.2) is 4.92 Å². The van der Waals surface area contributed by atoms with E-state index in [9.17, 15) is 10.1 Å². The SMILES string of the molecule is CCCc1ccc(NCc2csc([N+](=O)[O-])c2)cc1. The number of thiophene rings is 1. The molecule has 0 saturated heterocycles. The second-order valence-electron chi connectivity index (χ2n) is 4.35. The lowest BCUT2D eigenvalue weighted by atomic mass is 10.1. The van der Waals surface area contributed by atoms with Gasteiger partial charge in [0, 0.05) is 23.7 Å². The summed E-state index contributed by atoms with van der Waals surface area (Å²) in [6.07, 6.45) is 2.24. The fourth-order valence-electron chi connectivity index (χ4n) is 1.83. The minimum atomic E-state index is -0.353. The second-order valence-corrected chi connectivity index (χ2v) is 5.24. The quantitative estimate of drug-likeness (QED) is 0.634. The van der Waals surface area contributed by atoms with Crippen molar-refractivity contribution in [1.29, 1.82) is 0 Å². The molecule has 1 aromatic carbocycles. The average molecular weight is 276 g/mol. The number of hydrogen-bond donors (Lipinski definition) is 1. The average Bonchev–Trinajstić information content (AvgIpc) is 2.87. The normalized spacial score (nSPS) is 10.4. The first-order chi connectivity index (χ1) is 9.19. The number of rotatable bonds is 6. The Kier molecular flexibility index (Phi) is 4.52. The van der Waals surface area contributed by atoms with Gasteiger partial charge in [-0.1, -0.05) is 36.8 Å². The van der Waals surface area contributed by atoms with Crippen molar-refractivity contribution in [3.05, 3.63) is 57.0 Å². The maximum Gasteiger partial charge on any atom is 0.324 e. The van der Waals surface area contributed by atoms with Crippen LogP contribution >= 0.6 is 11.3 Å². The molecule has 0 fully saturated rings. The minimum Gasteiger partial charge on any atom is -0.381 e. The summed E-state index contributed by atoms with van der Waals surface area (Å²) in [4.78, 5) is 10.2. The third-order valence-electron chi connectivity index (χ3n) is 2.81. The first kappa shape index (κ1) is 13.5. The Balaban J connectivity index is 1.92. The molecule has 2 aromatic rings. The molecule has 1 N–H and O–H groups in total. The van der Waals surface area contributed by atoms with E-state index in [0.29, 0.717) is 6.54 Å². The van der Waals surface area contributed by atoms with Crippen molar-refractivity contribution in [3.8, 4) is 0 Å². The number of nitro groups is 1.